The second-order valence-corrected chi connectivity index (χ2v) is 8.51. The fraction of sp³-hybridized carbons (Fsp3) is 0.692. The van der Waals surface area contributed by atoms with Crippen LogP contribution in [0, 0.1) is 12.8 Å². The molecule has 1 amide bonds. The number of carbonyl (C=O) groups excluding carboxylic acids is 1. The van der Waals surface area contributed by atoms with Crippen molar-refractivity contribution in [3.8, 4) is 0 Å². The van der Waals surface area contributed by atoms with E-state index in [4.69, 9.17) is 0 Å². The maximum absolute atomic E-state index is 12.3. The molecule has 1 atom stereocenters. The molecular weight excluding hydrogens is 310 g/mol. The van der Waals surface area contributed by atoms with Gasteiger partial charge in [0.25, 0.3) is 0 Å². The Morgan fingerprint density at radius 3 is 2.81 bits per heavy atom. The van der Waals surface area contributed by atoms with E-state index in [-0.39, 0.29) is 18.4 Å². The van der Waals surface area contributed by atoms with Gasteiger partial charge in [-0.25, -0.2) is 17.7 Å². The molecule has 0 aliphatic carbocycles. The van der Waals surface area contributed by atoms with Crippen LogP contribution in [0.3, 0.4) is 0 Å². The summed E-state index contributed by atoms with van der Waals surface area (Å²) in [5.41, 5.74) is 0.997. The maximum Gasteiger partial charge on any atom is 0.230 e. The molecule has 0 bridgehead atoms. The van der Waals surface area contributed by atoms with E-state index in [1.807, 2.05) is 13.8 Å². The van der Waals surface area contributed by atoms with Gasteiger partial charge in [-0.05, 0) is 26.2 Å². The van der Waals surface area contributed by atoms with Crippen molar-refractivity contribution in [1.29, 1.82) is 0 Å². The van der Waals surface area contributed by atoms with Crippen molar-refractivity contribution in [2.45, 2.75) is 33.1 Å². The molecule has 0 radical (unpaired) electrons. The van der Waals surface area contributed by atoms with Crippen molar-refractivity contribution in [1.82, 2.24) is 9.29 Å². The topological polar surface area (TPSA) is 79.4 Å². The van der Waals surface area contributed by atoms with Gasteiger partial charge in [-0.15, -0.1) is 11.3 Å². The standard InChI is InChI=1S/C13H21N3O3S2/c1-4-11-9(2)20-13(14-11)15-12(17)10-6-5-7-16(8-10)21(3,18)19/h10H,4-8H2,1-3H3,(H,14,15,17)/t10-/m0/s1. The van der Waals surface area contributed by atoms with E-state index >= 15 is 0 Å². The zero-order valence-electron chi connectivity index (χ0n) is 12.5. The predicted molar refractivity (Wildman–Crippen MR) is 84.0 cm³/mol. The van der Waals surface area contributed by atoms with E-state index < -0.39 is 10.0 Å². The minimum atomic E-state index is -3.23. The van der Waals surface area contributed by atoms with E-state index in [2.05, 4.69) is 10.3 Å². The number of rotatable bonds is 4. The first-order valence-electron chi connectivity index (χ1n) is 7.03. The summed E-state index contributed by atoms with van der Waals surface area (Å²) in [6.07, 6.45) is 3.44. The number of aromatic nitrogens is 1. The van der Waals surface area contributed by atoms with E-state index in [9.17, 15) is 13.2 Å². The molecule has 1 N–H and O–H groups in total. The molecule has 0 spiro atoms. The molecule has 1 aliphatic rings. The lowest BCUT2D eigenvalue weighted by Gasteiger charge is -2.29. The monoisotopic (exact) mass is 331 g/mol. The Balaban J connectivity index is 2.02. The molecule has 1 fully saturated rings. The van der Waals surface area contributed by atoms with Gasteiger partial charge in [0.05, 0.1) is 17.9 Å². The third-order valence-electron chi connectivity index (χ3n) is 3.68. The average molecular weight is 331 g/mol. The van der Waals surface area contributed by atoms with Crippen LogP contribution in [0.15, 0.2) is 0 Å². The first-order valence-corrected chi connectivity index (χ1v) is 9.70. The van der Waals surface area contributed by atoms with Crippen LogP contribution in [-0.2, 0) is 21.2 Å². The Labute approximate surface area is 129 Å². The van der Waals surface area contributed by atoms with Crippen LogP contribution in [0.4, 0.5) is 5.13 Å². The lowest BCUT2D eigenvalue weighted by molar-refractivity contribution is -0.120. The van der Waals surface area contributed by atoms with Crippen LogP contribution in [0.5, 0.6) is 0 Å². The number of aryl methyl sites for hydroxylation is 2. The van der Waals surface area contributed by atoms with E-state index in [0.29, 0.717) is 24.5 Å². The first-order chi connectivity index (χ1) is 9.81. The third-order valence-corrected chi connectivity index (χ3v) is 5.88. The van der Waals surface area contributed by atoms with Gasteiger partial charge in [-0.1, -0.05) is 6.92 Å². The highest BCUT2D eigenvalue weighted by atomic mass is 32.2. The minimum Gasteiger partial charge on any atom is -0.302 e. The molecular formula is C13H21N3O3S2. The number of nitrogens with one attached hydrogen (secondary N) is 1. The third kappa shape index (κ3) is 4.02. The van der Waals surface area contributed by atoms with Gasteiger partial charge in [0.2, 0.25) is 15.9 Å². The largest absolute Gasteiger partial charge is 0.302 e. The summed E-state index contributed by atoms with van der Waals surface area (Å²) in [4.78, 5) is 17.8. The Morgan fingerprint density at radius 1 is 1.52 bits per heavy atom. The highest BCUT2D eigenvalue weighted by Crippen LogP contribution is 2.25. The van der Waals surface area contributed by atoms with Crippen LogP contribution >= 0.6 is 11.3 Å². The normalized spacial score (nSPS) is 20.4. The molecule has 1 saturated heterocycles. The van der Waals surface area contributed by atoms with Crippen LogP contribution in [0.25, 0.3) is 0 Å². The zero-order valence-corrected chi connectivity index (χ0v) is 14.2. The Kier molecular flexibility index (Phi) is 5.00. The molecule has 1 aromatic heterocycles. The lowest BCUT2D eigenvalue weighted by Crippen LogP contribution is -2.43. The molecule has 0 unspecified atom stereocenters. The van der Waals surface area contributed by atoms with E-state index in [0.717, 1.165) is 17.0 Å². The van der Waals surface area contributed by atoms with Gasteiger partial charge in [-0.3, -0.25) is 4.79 Å². The highest BCUT2D eigenvalue weighted by Gasteiger charge is 2.30. The Hall–Kier alpha value is -0.990. The summed E-state index contributed by atoms with van der Waals surface area (Å²) in [7, 11) is -3.23. The molecule has 0 saturated carbocycles. The number of amides is 1. The smallest absolute Gasteiger partial charge is 0.230 e. The predicted octanol–water partition coefficient (Wildman–Crippen LogP) is 1.62. The zero-order chi connectivity index (χ0) is 15.6. The van der Waals surface area contributed by atoms with Gasteiger partial charge in [0.15, 0.2) is 5.13 Å². The molecule has 8 heteroatoms. The SMILES string of the molecule is CCc1nc(NC(=O)[C@H]2CCCN(S(C)(=O)=O)C2)sc1C. The summed E-state index contributed by atoms with van der Waals surface area (Å²) in [6, 6.07) is 0. The minimum absolute atomic E-state index is 0.139. The Bertz CT molecular complexity index is 625. The number of piperidine rings is 1. The number of anilines is 1. The Morgan fingerprint density at radius 2 is 2.24 bits per heavy atom. The lowest BCUT2D eigenvalue weighted by atomic mass is 9.99. The number of carbonyl (C=O) groups is 1. The molecule has 2 rings (SSSR count). The van der Waals surface area contributed by atoms with Gasteiger partial charge in [0.1, 0.15) is 0 Å². The van der Waals surface area contributed by atoms with Gasteiger partial charge in [-0.2, -0.15) is 0 Å². The molecule has 0 aromatic carbocycles. The molecule has 6 nitrogen and oxygen atoms in total. The quantitative estimate of drug-likeness (QED) is 0.909. The number of hydrogen-bond donors (Lipinski definition) is 1. The summed E-state index contributed by atoms with van der Waals surface area (Å²) >= 11 is 1.46. The van der Waals surface area contributed by atoms with Crippen LogP contribution < -0.4 is 5.32 Å². The number of sulfonamides is 1. The van der Waals surface area contributed by atoms with Gasteiger partial charge in [0, 0.05) is 18.0 Å². The molecule has 2 heterocycles. The first kappa shape index (κ1) is 16.4. The van der Waals surface area contributed by atoms with Crippen LogP contribution in [0.1, 0.15) is 30.3 Å². The number of nitrogens with zero attached hydrogens (tertiary/aromatic N) is 2. The fourth-order valence-corrected chi connectivity index (χ4v) is 4.29. The van der Waals surface area contributed by atoms with Crippen molar-refractivity contribution >= 4 is 32.4 Å². The van der Waals surface area contributed by atoms with Gasteiger partial charge < -0.3 is 5.32 Å². The molecule has 21 heavy (non-hydrogen) atoms. The van der Waals surface area contributed by atoms with Crippen molar-refractivity contribution in [3.63, 3.8) is 0 Å². The van der Waals surface area contributed by atoms with Gasteiger partial charge >= 0.3 is 0 Å². The van der Waals surface area contributed by atoms with Crippen molar-refractivity contribution in [2.24, 2.45) is 5.92 Å². The molecule has 118 valence electrons. The van der Waals surface area contributed by atoms with Crippen LogP contribution in [0.2, 0.25) is 0 Å². The van der Waals surface area contributed by atoms with Crippen molar-refractivity contribution in [3.05, 3.63) is 10.6 Å². The van der Waals surface area contributed by atoms with E-state index in [1.54, 1.807) is 0 Å². The maximum atomic E-state index is 12.3. The summed E-state index contributed by atoms with van der Waals surface area (Å²) < 4.78 is 24.5. The summed E-state index contributed by atoms with van der Waals surface area (Å²) in [6.45, 7) is 4.77. The fourth-order valence-electron chi connectivity index (χ4n) is 2.47. The van der Waals surface area contributed by atoms with Crippen molar-refractivity contribution < 1.29 is 13.2 Å². The van der Waals surface area contributed by atoms with Crippen LogP contribution in [-0.4, -0.2) is 43.0 Å². The number of thiazole rings is 1. The van der Waals surface area contributed by atoms with E-state index in [1.165, 1.54) is 21.9 Å². The molecule has 1 aliphatic heterocycles. The second kappa shape index (κ2) is 6.41. The molecule has 1 aromatic rings. The summed E-state index contributed by atoms with van der Waals surface area (Å²) in [5.74, 6) is -0.442. The average Bonchev–Trinajstić information content (AvgIpc) is 2.78. The second-order valence-electron chi connectivity index (χ2n) is 5.32. The highest BCUT2D eigenvalue weighted by molar-refractivity contribution is 7.88. The van der Waals surface area contributed by atoms with Crippen molar-refractivity contribution in [2.75, 3.05) is 24.7 Å². The number of hydrogen-bond acceptors (Lipinski definition) is 5. The summed E-state index contributed by atoms with van der Waals surface area (Å²) in [5, 5.41) is 3.43.